The standard InChI is InChI=1S/C11H18N4O2S/c1-15-8-13-10(12)11(15)18(16,17)14-7-6-9-4-2-3-5-9/h4,8,14H,2-3,5-7,12H2,1H3. The van der Waals surface area contributed by atoms with Crippen molar-refractivity contribution in [3.05, 3.63) is 18.0 Å². The molecule has 0 saturated heterocycles. The summed E-state index contributed by atoms with van der Waals surface area (Å²) >= 11 is 0. The van der Waals surface area contributed by atoms with Crippen LogP contribution in [0.2, 0.25) is 0 Å². The largest absolute Gasteiger partial charge is 0.381 e. The lowest BCUT2D eigenvalue weighted by Crippen LogP contribution is -2.27. The van der Waals surface area contributed by atoms with Crippen molar-refractivity contribution in [3.63, 3.8) is 0 Å². The number of nitrogens with two attached hydrogens (primary N) is 1. The Balaban J connectivity index is 1.99. The van der Waals surface area contributed by atoms with Crippen molar-refractivity contribution in [2.24, 2.45) is 7.05 Å². The number of sulfonamides is 1. The summed E-state index contributed by atoms with van der Waals surface area (Å²) in [5, 5.41) is 0.0305. The average Bonchev–Trinajstić information content (AvgIpc) is 2.89. The summed E-state index contributed by atoms with van der Waals surface area (Å²) in [5.41, 5.74) is 6.89. The molecule has 18 heavy (non-hydrogen) atoms. The summed E-state index contributed by atoms with van der Waals surface area (Å²) < 4.78 is 28.0. The van der Waals surface area contributed by atoms with Crippen LogP contribution >= 0.6 is 0 Å². The summed E-state index contributed by atoms with van der Waals surface area (Å²) in [5.74, 6) is 0.0325. The molecule has 1 aliphatic carbocycles. The molecule has 2 rings (SSSR count). The summed E-state index contributed by atoms with van der Waals surface area (Å²) in [4.78, 5) is 3.78. The molecule has 1 aromatic rings. The zero-order valence-electron chi connectivity index (χ0n) is 10.4. The van der Waals surface area contributed by atoms with Gasteiger partial charge in [-0.15, -0.1) is 0 Å². The fourth-order valence-electron chi connectivity index (χ4n) is 2.14. The van der Waals surface area contributed by atoms with Gasteiger partial charge in [-0.3, -0.25) is 0 Å². The molecule has 0 fully saturated rings. The van der Waals surface area contributed by atoms with Gasteiger partial charge in [0.05, 0.1) is 6.33 Å². The monoisotopic (exact) mass is 270 g/mol. The van der Waals surface area contributed by atoms with E-state index in [9.17, 15) is 8.42 Å². The Bertz CT molecular complexity index is 540. The van der Waals surface area contributed by atoms with Crippen LogP contribution in [0.1, 0.15) is 25.7 Å². The van der Waals surface area contributed by atoms with E-state index in [1.165, 1.54) is 22.9 Å². The number of hydrogen-bond acceptors (Lipinski definition) is 4. The Morgan fingerprint density at radius 3 is 2.89 bits per heavy atom. The lowest BCUT2D eigenvalue weighted by Gasteiger charge is -2.08. The van der Waals surface area contributed by atoms with Crippen molar-refractivity contribution in [1.82, 2.24) is 14.3 Å². The van der Waals surface area contributed by atoms with Gasteiger partial charge in [-0.2, -0.15) is 0 Å². The van der Waals surface area contributed by atoms with E-state index in [-0.39, 0.29) is 10.8 Å². The first-order valence-corrected chi connectivity index (χ1v) is 7.43. The van der Waals surface area contributed by atoms with Crippen molar-refractivity contribution >= 4 is 15.8 Å². The third-order valence-corrected chi connectivity index (χ3v) is 4.63. The predicted molar refractivity (Wildman–Crippen MR) is 69.4 cm³/mol. The molecule has 0 aromatic carbocycles. The van der Waals surface area contributed by atoms with Crippen LogP contribution in [0, 0.1) is 0 Å². The summed E-state index contributed by atoms with van der Waals surface area (Å²) in [6.45, 7) is 0.402. The fraction of sp³-hybridized carbons (Fsp3) is 0.545. The molecule has 0 atom stereocenters. The van der Waals surface area contributed by atoms with Crippen LogP contribution in [0.3, 0.4) is 0 Å². The number of nitrogen functional groups attached to an aromatic ring is 1. The Labute approximate surface area is 107 Å². The molecule has 0 amide bonds. The third kappa shape index (κ3) is 2.73. The number of allylic oxidation sites excluding steroid dienone is 1. The van der Waals surface area contributed by atoms with Crippen LogP contribution in [0.25, 0.3) is 0 Å². The number of imidazole rings is 1. The number of aromatic nitrogens is 2. The van der Waals surface area contributed by atoms with E-state index in [1.54, 1.807) is 7.05 Å². The molecular formula is C11H18N4O2S. The van der Waals surface area contributed by atoms with Crippen molar-refractivity contribution < 1.29 is 8.42 Å². The van der Waals surface area contributed by atoms with Crippen LogP contribution in [0.5, 0.6) is 0 Å². The Hall–Kier alpha value is -1.34. The first-order chi connectivity index (χ1) is 8.50. The Morgan fingerprint density at radius 1 is 1.56 bits per heavy atom. The zero-order valence-corrected chi connectivity index (χ0v) is 11.2. The van der Waals surface area contributed by atoms with Crippen LogP contribution in [-0.2, 0) is 17.1 Å². The average molecular weight is 270 g/mol. The van der Waals surface area contributed by atoms with E-state index >= 15 is 0 Å². The van der Waals surface area contributed by atoms with Gasteiger partial charge in [-0.25, -0.2) is 18.1 Å². The zero-order chi connectivity index (χ0) is 13.2. The van der Waals surface area contributed by atoms with E-state index in [4.69, 9.17) is 5.73 Å². The summed E-state index contributed by atoms with van der Waals surface area (Å²) in [6.07, 6.45) is 7.70. The van der Waals surface area contributed by atoms with Crippen LogP contribution in [-0.4, -0.2) is 24.5 Å². The molecule has 1 heterocycles. The van der Waals surface area contributed by atoms with Gasteiger partial charge in [0.15, 0.2) is 10.8 Å². The van der Waals surface area contributed by atoms with Crippen LogP contribution < -0.4 is 10.5 Å². The maximum Gasteiger partial charge on any atom is 0.260 e. The van der Waals surface area contributed by atoms with Gasteiger partial charge >= 0.3 is 0 Å². The quantitative estimate of drug-likeness (QED) is 0.774. The molecule has 7 heteroatoms. The second kappa shape index (κ2) is 5.11. The van der Waals surface area contributed by atoms with E-state index < -0.39 is 10.0 Å². The van der Waals surface area contributed by atoms with Crippen molar-refractivity contribution in [2.45, 2.75) is 30.7 Å². The van der Waals surface area contributed by atoms with Gasteiger partial charge in [0.2, 0.25) is 0 Å². The molecular weight excluding hydrogens is 252 g/mol. The smallest absolute Gasteiger partial charge is 0.260 e. The van der Waals surface area contributed by atoms with Crippen molar-refractivity contribution in [2.75, 3.05) is 12.3 Å². The number of nitrogens with zero attached hydrogens (tertiary/aromatic N) is 2. The molecule has 0 saturated carbocycles. The second-order valence-corrected chi connectivity index (χ2v) is 6.13. The third-order valence-electron chi connectivity index (χ3n) is 3.04. The van der Waals surface area contributed by atoms with E-state index in [0.717, 1.165) is 19.3 Å². The van der Waals surface area contributed by atoms with E-state index in [0.29, 0.717) is 6.54 Å². The molecule has 0 radical (unpaired) electrons. The molecule has 0 spiro atoms. The van der Waals surface area contributed by atoms with Gasteiger partial charge in [-0.1, -0.05) is 11.6 Å². The maximum atomic E-state index is 12.0. The van der Waals surface area contributed by atoms with Gasteiger partial charge in [0, 0.05) is 13.6 Å². The summed E-state index contributed by atoms with van der Waals surface area (Å²) in [6, 6.07) is 0. The minimum atomic E-state index is -3.57. The van der Waals surface area contributed by atoms with Crippen molar-refractivity contribution in [1.29, 1.82) is 0 Å². The minimum Gasteiger partial charge on any atom is -0.381 e. The number of aryl methyl sites for hydroxylation is 1. The maximum absolute atomic E-state index is 12.0. The normalized spacial score (nSPS) is 15.9. The molecule has 3 N–H and O–H groups in total. The number of rotatable bonds is 5. The highest BCUT2D eigenvalue weighted by Crippen LogP contribution is 2.20. The lowest BCUT2D eigenvalue weighted by molar-refractivity contribution is 0.571. The molecule has 1 aromatic heterocycles. The molecule has 6 nitrogen and oxygen atoms in total. The molecule has 100 valence electrons. The molecule has 0 bridgehead atoms. The van der Waals surface area contributed by atoms with Gasteiger partial charge in [0.1, 0.15) is 0 Å². The minimum absolute atomic E-state index is 0.0305. The highest BCUT2D eigenvalue weighted by atomic mass is 32.2. The van der Waals surface area contributed by atoms with Gasteiger partial charge < -0.3 is 10.3 Å². The first kappa shape index (κ1) is 13.1. The Kier molecular flexibility index (Phi) is 3.72. The number of hydrogen-bond donors (Lipinski definition) is 2. The van der Waals surface area contributed by atoms with Crippen molar-refractivity contribution in [3.8, 4) is 0 Å². The van der Waals surface area contributed by atoms with Gasteiger partial charge in [-0.05, 0) is 25.7 Å². The number of anilines is 1. The predicted octanol–water partition coefficient (Wildman–Crippen LogP) is 0.781. The SMILES string of the molecule is Cn1cnc(N)c1S(=O)(=O)NCCC1=CCCC1. The molecule has 1 aliphatic rings. The lowest BCUT2D eigenvalue weighted by atomic mass is 10.2. The van der Waals surface area contributed by atoms with Crippen LogP contribution in [0.15, 0.2) is 23.0 Å². The van der Waals surface area contributed by atoms with Gasteiger partial charge in [0.25, 0.3) is 10.0 Å². The van der Waals surface area contributed by atoms with Crippen LogP contribution in [0.4, 0.5) is 5.82 Å². The highest BCUT2D eigenvalue weighted by Gasteiger charge is 2.21. The second-order valence-electron chi connectivity index (χ2n) is 4.45. The fourth-order valence-corrected chi connectivity index (χ4v) is 3.40. The topological polar surface area (TPSA) is 90.0 Å². The summed E-state index contributed by atoms with van der Waals surface area (Å²) in [7, 11) is -1.96. The first-order valence-electron chi connectivity index (χ1n) is 5.95. The molecule has 0 aliphatic heterocycles. The molecule has 0 unspecified atom stereocenters. The Morgan fingerprint density at radius 2 is 2.33 bits per heavy atom. The van der Waals surface area contributed by atoms with E-state index in [2.05, 4.69) is 15.8 Å². The highest BCUT2D eigenvalue weighted by molar-refractivity contribution is 7.89. The van der Waals surface area contributed by atoms with E-state index in [1.807, 2.05) is 0 Å². The number of nitrogens with one attached hydrogen (secondary N) is 1.